The average molecular weight is 1260 g/mol. The number of hydrogen-bond donors (Lipinski definition) is 13. The summed E-state index contributed by atoms with van der Waals surface area (Å²) in [5.74, 6) is -0.261. The Kier molecular flexibility index (Phi) is 33.1. The van der Waals surface area contributed by atoms with Crippen molar-refractivity contribution in [2.24, 2.45) is 0 Å². The predicted molar refractivity (Wildman–Crippen MR) is 333 cm³/mol. The third kappa shape index (κ3) is 29.8. The SMILES string of the molecule is C=CNC(=O)COc1ccc(NC(=O)c2ccc(OCC(=O)NC=C)cc2)cc1.O=C(COc1ccc(NC(=O)c2ccc(OCC(=O)NCCO)cc2)cc1)NCCO.O=C(COc1ccc(NC(=O)c2ccc(OCC(=O)NCCO)cc2)cc1)NCCO. The fraction of sp³-hybridized carbons (Fsp3) is 0.222. The number of carbonyl (C=O) groups excluding carboxylic acids is 9. The van der Waals surface area contributed by atoms with Gasteiger partial charge in [0.2, 0.25) is 0 Å². The van der Waals surface area contributed by atoms with Crippen molar-refractivity contribution in [1.82, 2.24) is 31.9 Å². The molecule has 0 radical (unpaired) electrons. The number of nitrogens with one attached hydrogen (secondary N) is 9. The minimum Gasteiger partial charge on any atom is -0.484 e. The van der Waals surface area contributed by atoms with E-state index in [1.54, 1.807) is 146 Å². The summed E-state index contributed by atoms with van der Waals surface area (Å²) in [4.78, 5) is 105. The summed E-state index contributed by atoms with van der Waals surface area (Å²) in [6, 6.07) is 38.6. The summed E-state index contributed by atoms with van der Waals surface area (Å²) < 4.78 is 31.9. The van der Waals surface area contributed by atoms with E-state index in [4.69, 9.17) is 48.8 Å². The number of aliphatic hydroxyl groups excluding tert-OH is 4. The molecule has 28 heteroatoms. The molecular weight excluding hydrogens is 1190 g/mol. The zero-order chi connectivity index (χ0) is 66.0. The van der Waals surface area contributed by atoms with E-state index < -0.39 is 0 Å². The first-order chi connectivity index (χ1) is 44.0. The van der Waals surface area contributed by atoms with Crippen LogP contribution >= 0.6 is 0 Å². The highest BCUT2D eigenvalue weighted by Crippen LogP contribution is 2.21. The number of carbonyl (C=O) groups is 9. The highest BCUT2D eigenvalue weighted by Gasteiger charge is 2.13. The number of hydrogen-bond acceptors (Lipinski definition) is 19. The van der Waals surface area contributed by atoms with Crippen molar-refractivity contribution in [2.45, 2.75) is 0 Å². The normalized spacial score (nSPS) is 9.98. The molecule has 0 unspecified atom stereocenters. The molecular formula is C63H71N9O19. The van der Waals surface area contributed by atoms with Crippen LogP contribution in [-0.4, -0.2) is 166 Å². The maximum Gasteiger partial charge on any atom is 0.261 e. The van der Waals surface area contributed by atoms with Gasteiger partial charge in [0.1, 0.15) is 34.5 Å². The summed E-state index contributed by atoms with van der Waals surface area (Å²) in [6.07, 6.45) is 2.56. The summed E-state index contributed by atoms with van der Waals surface area (Å²) in [6.45, 7) is 5.84. The topological polar surface area (TPSA) is 398 Å². The lowest BCUT2D eigenvalue weighted by Gasteiger charge is -2.09. The second-order valence-electron chi connectivity index (χ2n) is 18.1. The van der Waals surface area contributed by atoms with E-state index in [1.807, 2.05) is 0 Å². The van der Waals surface area contributed by atoms with Gasteiger partial charge in [-0.25, -0.2) is 0 Å². The van der Waals surface area contributed by atoms with Crippen molar-refractivity contribution in [1.29, 1.82) is 0 Å². The Morgan fingerprint density at radius 1 is 0.297 bits per heavy atom. The van der Waals surface area contributed by atoms with Gasteiger partial charge in [0.05, 0.1) is 26.4 Å². The summed E-state index contributed by atoms with van der Waals surface area (Å²) in [5.41, 5.74) is 2.88. The molecule has 0 spiro atoms. The molecule has 6 rings (SSSR count). The highest BCUT2D eigenvalue weighted by molar-refractivity contribution is 6.05. The first kappa shape index (κ1) is 72.1. The highest BCUT2D eigenvalue weighted by atomic mass is 16.5. The minimum absolute atomic E-state index is 0.138. The van der Waals surface area contributed by atoms with Crippen LogP contribution in [0.1, 0.15) is 31.1 Å². The molecule has 6 aromatic rings. The number of anilines is 3. The van der Waals surface area contributed by atoms with E-state index in [1.165, 1.54) is 12.4 Å². The maximum absolute atomic E-state index is 12.4. The van der Waals surface area contributed by atoms with E-state index in [9.17, 15) is 43.2 Å². The maximum atomic E-state index is 12.4. The Morgan fingerprint density at radius 3 is 0.670 bits per heavy atom. The van der Waals surface area contributed by atoms with Gasteiger partial charge >= 0.3 is 0 Å². The van der Waals surface area contributed by atoms with Gasteiger partial charge in [-0.15, -0.1) is 0 Å². The monoisotopic (exact) mass is 1260 g/mol. The molecule has 0 aromatic heterocycles. The largest absolute Gasteiger partial charge is 0.484 e. The van der Waals surface area contributed by atoms with Gasteiger partial charge < -0.3 is 96.7 Å². The second-order valence-corrected chi connectivity index (χ2v) is 18.1. The van der Waals surface area contributed by atoms with Gasteiger partial charge in [0.15, 0.2) is 39.6 Å². The van der Waals surface area contributed by atoms with Gasteiger partial charge in [0, 0.05) is 59.9 Å². The standard InChI is InChI=1S/2C21H25N3O7.C21H21N3O5/c2*25-11-9-22-19(27)13-30-17-5-1-15(2-6-17)21(29)24-16-3-7-18(8-4-16)31-14-20(28)23-10-12-26;1-3-22-19(25)13-28-17-9-5-15(6-10-17)21(27)24-16-7-11-18(12-8-16)29-14-20(26)23-4-2/h2*1-8,25-26H,9-14H2,(H,22,27)(H,23,28)(H,24,29);3-12H,1-2,13-14H2,(H,22,25)(H,23,26)(H,24,27). The van der Waals surface area contributed by atoms with Crippen LogP contribution in [0.25, 0.3) is 0 Å². The fourth-order valence-electron chi connectivity index (χ4n) is 6.81. The quantitative estimate of drug-likeness (QED) is 0.0275. The minimum atomic E-state index is -0.353. The van der Waals surface area contributed by atoms with Crippen LogP contribution in [0, 0.1) is 0 Å². The number of aliphatic hydroxyl groups is 4. The molecule has 0 heterocycles. The number of benzene rings is 6. The molecule has 28 nitrogen and oxygen atoms in total. The summed E-state index contributed by atoms with van der Waals surface area (Å²) in [7, 11) is 0. The Labute approximate surface area is 522 Å². The summed E-state index contributed by atoms with van der Waals surface area (Å²) >= 11 is 0. The molecule has 91 heavy (non-hydrogen) atoms. The van der Waals surface area contributed by atoms with Crippen molar-refractivity contribution in [2.75, 3.05) is 108 Å². The van der Waals surface area contributed by atoms with Gasteiger partial charge in [-0.3, -0.25) is 43.2 Å². The molecule has 0 saturated heterocycles. The van der Waals surface area contributed by atoms with Crippen LogP contribution in [0.2, 0.25) is 0 Å². The van der Waals surface area contributed by atoms with Crippen LogP contribution < -0.4 is 76.3 Å². The number of ether oxygens (including phenoxy) is 6. The number of rotatable bonds is 34. The Morgan fingerprint density at radius 2 is 0.484 bits per heavy atom. The molecule has 13 N–H and O–H groups in total. The Hall–Kier alpha value is -11.3. The molecule has 9 amide bonds. The van der Waals surface area contributed by atoms with Crippen molar-refractivity contribution in [3.8, 4) is 34.5 Å². The van der Waals surface area contributed by atoms with Crippen LogP contribution in [0.3, 0.4) is 0 Å². The Bertz CT molecular complexity index is 3140. The molecule has 0 aliphatic rings. The first-order valence-corrected chi connectivity index (χ1v) is 27.7. The summed E-state index contributed by atoms with van der Waals surface area (Å²) in [5, 5.41) is 57.5. The Balaban J connectivity index is 0.000000292. The molecule has 0 atom stereocenters. The van der Waals surface area contributed by atoms with E-state index >= 15 is 0 Å². The van der Waals surface area contributed by atoms with Crippen molar-refractivity contribution >= 4 is 70.2 Å². The average Bonchev–Trinajstić information content (AvgIpc) is 3.60. The first-order valence-electron chi connectivity index (χ1n) is 27.7. The van der Waals surface area contributed by atoms with Crippen molar-refractivity contribution in [3.05, 3.63) is 188 Å². The lowest BCUT2D eigenvalue weighted by atomic mass is 10.2. The predicted octanol–water partition coefficient (Wildman–Crippen LogP) is 2.04. The molecule has 0 aliphatic carbocycles. The van der Waals surface area contributed by atoms with Crippen molar-refractivity contribution in [3.63, 3.8) is 0 Å². The molecule has 0 bridgehead atoms. The van der Waals surface area contributed by atoms with Crippen LogP contribution in [0.4, 0.5) is 17.1 Å². The lowest BCUT2D eigenvalue weighted by Crippen LogP contribution is -2.31. The van der Waals surface area contributed by atoms with Crippen LogP contribution in [0.15, 0.2) is 171 Å². The van der Waals surface area contributed by atoms with Gasteiger partial charge in [-0.05, 0) is 158 Å². The van der Waals surface area contributed by atoms with Crippen LogP contribution in [-0.2, 0) is 28.8 Å². The third-order valence-electron chi connectivity index (χ3n) is 11.2. The zero-order valence-corrected chi connectivity index (χ0v) is 49.2. The van der Waals surface area contributed by atoms with E-state index in [-0.39, 0.29) is 145 Å². The van der Waals surface area contributed by atoms with E-state index in [0.717, 1.165) is 0 Å². The van der Waals surface area contributed by atoms with Crippen molar-refractivity contribution < 1.29 is 92.0 Å². The van der Waals surface area contributed by atoms with E-state index in [2.05, 4.69) is 61.0 Å². The fourth-order valence-corrected chi connectivity index (χ4v) is 6.81. The molecule has 6 aromatic carbocycles. The van der Waals surface area contributed by atoms with Gasteiger partial charge in [-0.1, -0.05) is 13.2 Å². The third-order valence-corrected chi connectivity index (χ3v) is 11.2. The van der Waals surface area contributed by atoms with Gasteiger partial charge in [0.25, 0.3) is 53.2 Å². The second kappa shape index (κ2) is 41.7. The smallest absolute Gasteiger partial charge is 0.261 e. The zero-order valence-electron chi connectivity index (χ0n) is 49.2. The molecule has 0 aliphatic heterocycles. The lowest BCUT2D eigenvalue weighted by molar-refractivity contribution is -0.124. The van der Waals surface area contributed by atoms with E-state index in [0.29, 0.717) is 68.2 Å². The molecule has 0 fully saturated rings. The van der Waals surface area contributed by atoms with Gasteiger partial charge in [-0.2, -0.15) is 0 Å². The molecule has 482 valence electrons. The van der Waals surface area contributed by atoms with Crippen LogP contribution in [0.5, 0.6) is 34.5 Å². The molecule has 0 saturated carbocycles. The number of amides is 9.